The number of hydrogen-bond donors (Lipinski definition) is 2. The topological polar surface area (TPSA) is 70.7 Å². The average Bonchev–Trinajstić information content (AvgIpc) is 2.45. The van der Waals surface area contributed by atoms with E-state index in [0.717, 1.165) is 5.69 Å². The van der Waals surface area contributed by atoms with Crippen molar-refractivity contribution < 1.29 is 14.3 Å². The summed E-state index contributed by atoms with van der Waals surface area (Å²) in [5.41, 5.74) is 0.824. The molecule has 0 saturated heterocycles. The Balaban J connectivity index is 2.55. The van der Waals surface area contributed by atoms with Crippen molar-refractivity contribution >= 4 is 17.6 Å². The standard InChI is InChI=1S/C14H17N3O3/c1-4-9-20-12-7-5-11(6-8-12)17(3)10-13(18)16-14(19)15-2/h1,5-8H,9-10H2,2-3H3,(H2,15,16,18,19). The van der Waals surface area contributed by atoms with Gasteiger partial charge in [0.2, 0.25) is 5.91 Å². The quantitative estimate of drug-likeness (QED) is 0.772. The summed E-state index contributed by atoms with van der Waals surface area (Å²) in [5.74, 6) is 2.65. The number of hydrogen-bond acceptors (Lipinski definition) is 4. The Labute approximate surface area is 118 Å². The Morgan fingerprint density at radius 1 is 1.35 bits per heavy atom. The van der Waals surface area contributed by atoms with Gasteiger partial charge in [-0.05, 0) is 24.3 Å². The minimum absolute atomic E-state index is 0.0674. The molecule has 106 valence electrons. The molecule has 0 spiro atoms. The minimum Gasteiger partial charge on any atom is -0.481 e. The molecule has 0 aliphatic rings. The number of urea groups is 1. The first-order chi connectivity index (χ1) is 9.56. The molecular formula is C14H17N3O3. The Hall–Kier alpha value is -2.68. The maximum Gasteiger partial charge on any atom is 0.321 e. The van der Waals surface area contributed by atoms with Crippen LogP contribution in [0.4, 0.5) is 10.5 Å². The van der Waals surface area contributed by atoms with Crippen LogP contribution in [0.25, 0.3) is 0 Å². The van der Waals surface area contributed by atoms with Crippen LogP contribution in [0.2, 0.25) is 0 Å². The predicted octanol–water partition coefficient (Wildman–Crippen LogP) is 0.590. The van der Waals surface area contributed by atoms with Crippen LogP contribution in [-0.4, -0.2) is 39.2 Å². The van der Waals surface area contributed by atoms with E-state index in [2.05, 4.69) is 16.6 Å². The summed E-state index contributed by atoms with van der Waals surface area (Å²) >= 11 is 0. The van der Waals surface area contributed by atoms with E-state index in [1.54, 1.807) is 36.2 Å². The monoisotopic (exact) mass is 275 g/mol. The second-order valence-electron chi connectivity index (χ2n) is 3.97. The molecule has 6 heteroatoms. The molecule has 3 amide bonds. The van der Waals surface area contributed by atoms with Crippen molar-refractivity contribution in [3.05, 3.63) is 24.3 Å². The molecule has 0 atom stereocenters. The van der Waals surface area contributed by atoms with Gasteiger partial charge in [0, 0.05) is 19.8 Å². The van der Waals surface area contributed by atoms with E-state index in [-0.39, 0.29) is 19.1 Å². The number of benzene rings is 1. The number of amides is 3. The van der Waals surface area contributed by atoms with Crippen molar-refractivity contribution in [1.82, 2.24) is 10.6 Å². The number of terminal acetylenes is 1. The van der Waals surface area contributed by atoms with Crippen molar-refractivity contribution in [3.63, 3.8) is 0 Å². The number of carbonyl (C=O) groups is 2. The lowest BCUT2D eigenvalue weighted by Gasteiger charge is -2.18. The van der Waals surface area contributed by atoms with E-state index >= 15 is 0 Å². The molecule has 0 radical (unpaired) electrons. The molecule has 1 rings (SSSR count). The van der Waals surface area contributed by atoms with Crippen LogP contribution in [0.5, 0.6) is 5.75 Å². The van der Waals surface area contributed by atoms with Gasteiger partial charge in [0.15, 0.2) is 0 Å². The molecule has 1 aromatic rings. The summed E-state index contributed by atoms with van der Waals surface area (Å²) < 4.78 is 5.25. The van der Waals surface area contributed by atoms with Crippen LogP contribution in [0.15, 0.2) is 24.3 Å². The second kappa shape index (κ2) is 7.69. The maximum atomic E-state index is 11.5. The van der Waals surface area contributed by atoms with Gasteiger partial charge in [-0.15, -0.1) is 6.42 Å². The van der Waals surface area contributed by atoms with E-state index in [0.29, 0.717) is 5.75 Å². The summed E-state index contributed by atoms with van der Waals surface area (Å²) in [6.07, 6.45) is 5.10. The van der Waals surface area contributed by atoms with Crippen molar-refractivity contribution in [3.8, 4) is 18.1 Å². The molecule has 1 aromatic carbocycles. The molecule has 6 nitrogen and oxygen atoms in total. The molecule has 0 aromatic heterocycles. The number of nitrogens with one attached hydrogen (secondary N) is 2. The Bertz CT molecular complexity index is 505. The zero-order valence-corrected chi connectivity index (χ0v) is 11.5. The highest BCUT2D eigenvalue weighted by Gasteiger charge is 2.10. The zero-order valence-electron chi connectivity index (χ0n) is 11.5. The second-order valence-corrected chi connectivity index (χ2v) is 3.97. The lowest BCUT2D eigenvalue weighted by molar-refractivity contribution is -0.118. The Morgan fingerprint density at radius 3 is 2.55 bits per heavy atom. The third-order valence-electron chi connectivity index (χ3n) is 2.46. The van der Waals surface area contributed by atoms with E-state index in [1.807, 2.05) is 0 Å². The average molecular weight is 275 g/mol. The van der Waals surface area contributed by atoms with Gasteiger partial charge in [0.25, 0.3) is 0 Å². The lowest BCUT2D eigenvalue weighted by Crippen LogP contribution is -2.42. The zero-order chi connectivity index (χ0) is 15.0. The van der Waals surface area contributed by atoms with Gasteiger partial charge in [0.05, 0.1) is 6.54 Å². The van der Waals surface area contributed by atoms with Crippen LogP contribution in [0.3, 0.4) is 0 Å². The fourth-order valence-electron chi connectivity index (χ4n) is 1.46. The van der Waals surface area contributed by atoms with Crippen molar-refractivity contribution in [2.75, 3.05) is 32.1 Å². The van der Waals surface area contributed by atoms with E-state index in [4.69, 9.17) is 11.2 Å². The molecule has 20 heavy (non-hydrogen) atoms. The van der Waals surface area contributed by atoms with Gasteiger partial charge in [-0.1, -0.05) is 5.92 Å². The maximum absolute atomic E-state index is 11.5. The molecule has 2 N–H and O–H groups in total. The van der Waals surface area contributed by atoms with Crippen LogP contribution in [0.1, 0.15) is 0 Å². The van der Waals surface area contributed by atoms with Gasteiger partial charge in [-0.25, -0.2) is 4.79 Å². The van der Waals surface area contributed by atoms with E-state index in [1.165, 1.54) is 7.05 Å². The van der Waals surface area contributed by atoms with Crippen LogP contribution < -0.4 is 20.3 Å². The third kappa shape index (κ3) is 4.90. The number of imide groups is 1. The normalized spacial score (nSPS) is 9.25. The van der Waals surface area contributed by atoms with Gasteiger partial charge in [-0.3, -0.25) is 10.1 Å². The molecular weight excluding hydrogens is 258 g/mol. The van der Waals surface area contributed by atoms with Crippen molar-refractivity contribution in [2.45, 2.75) is 0 Å². The highest BCUT2D eigenvalue weighted by molar-refractivity contribution is 5.96. The largest absolute Gasteiger partial charge is 0.481 e. The molecule has 0 unspecified atom stereocenters. The van der Waals surface area contributed by atoms with Crippen molar-refractivity contribution in [2.24, 2.45) is 0 Å². The number of carbonyl (C=O) groups excluding carboxylic acids is 2. The SMILES string of the molecule is C#CCOc1ccc(N(C)CC(=O)NC(=O)NC)cc1. The summed E-state index contributed by atoms with van der Waals surface area (Å²) in [7, 11) is 3.20. The van der Waals surface area contributed by atoms with Crippen molar-refractivity contribution in [1.29, 1.82) is 0 Å². The Kier molecular flexibility index (Phi) is 5.91. The van der Waals surface area contributed by atoms with Gasteiger partial charge < -0.3 is 15.0 Å². The number of rotatable bonds is 5. The summed E-state index contributed by atoms with van der Waals surface area (Å²) in [4.78, 5) is 24.2. The highest BCUT2D eigenvalue weighted by Crippen LogP contribution is 2.18. The number of ether oxygens (including phenoxy) is 1. The summed E-state index contributed by atoms with van der Waals surface area (Å²) in [5, 5.41) is 4.51. The molecule has 0 saturated carbocycles. The molecule has 0 aliphatic carbocycles. The van der Waals surface area contributed by atoms with Crippen LogP contribution in [0, 0.1) is 12.3 Å². The number of likely N-dealkylation sites (N-methyl/N-ethyl adjacent to an activating group) is 1. The molecule has 0 heterocycles. The summed E-state index contributed by atoms with van der Waals surface area (Å²) in [6, 6.07) is 6.61. The molecule has 0 bridgehead atoms. The smallest absolute Gasteiger partial charge is 0.321 e. The first kappa shape index (κ1) is 15.4. The third-order valence-corrected chi connectivity index (χ3v) is 2.46. The number of anilines is 1. The van der Waals surface area contributed by atoms with Crippen LogP contribution >= 0.6 is 0 Å². The molecule has 0 fully saturated rings. The first-order valence-corrected chi connectivity index (χ1v) is 5.96. The fourth-order valence-corrected chi connectivity index (χ4v) is 1.46. The number of nitrogens with zero attached hydrogens (tertiary/aromatic N) is 1. The van der Waals surface area contributed by atoms with E-state index in [9.17, 15) is 9.59 Å². The minimum atomic E-state index is -0.526. The lowest BCUT2D eigenvalue weighted by atomic mass is 10.3. The Morgan fingerprint density at radius 2 is 2.00 bits per heavy atom. The molecule has 0 aliphatic heterocycles. The van der Waals surface area contributed by atoms with E-state index < -0.39 is 6.03 Å². The van der Waals surface area contributed by atoms with Gasteiger partial charge in [-0.2, -0.15) is 0 Å². The van der Waals surface area contributed by atoms with Gasteiger partial charge in [0.1, 0.15) is 12.4 Å². The predicted molar refractivity (Wildman–Crippen MR) is 76.6 cm³/mol. The highest BCUT2D eigenvalue weighted by atomic mass is 16.5. The van der Waals surface area contributed by atoms with Gasteiger partial charge >= 0.3 is 6.03 Å². The fraction of sp³-hybridized carbons (Fsp3) is 0.286. The van der Waals surface area contributed by atoms with Crippen LogP contribution in [-0.2, 0) is 4.79 Å². The first-order valence-electron chi connectivity index (χ1n) is 5.96. The summed E-state index contributed by atoms with van der Waals surface area (Å²) in [6.45, 7) is 0.279.